The summed E-state index contributed by atoms with van der Waals surface area (Å²) >= 11 is 0. The fourth-order valence-corrected chi connectivity index (χ4v) is 0.999. The number of Topliss-reactive ketones (excluding diaryl/α,β-unsaturated/α-hetero) is 1. The lowest BCUT2D eigenvalue weighted by Gasteiger charge is -2.26. The fraction of sp³-hybridized carbons (Fsp3) is 0.571. The van der Waals surface area contributed by atoms with Gasteiger partial charge in [-0.25, -0.2) is 0 Å². The summed E-state index contributed by atoms with van der Waals surface area (Å²) in [6.45, 7) is -0.518. The van der Waals surface area contributed by atoms with Gasteiger partial charge in [0.2, 0.25) is 12.1 Å². The number of aliphatic hydroxyl groups is 2. The summed E-state index contributed by atoms with van der Waals surface area (Å²) in [5.74, 6) is -1.33. The zero-order valence-corrected chi connectivity index (χ0v) is 7.06. The number of hydrogen-bond acceptors (Lipinski definition) is 6. The lowest BCUT2D eigenvalue weighted by atomic mass is 10.1. The Morgan fingerprint density at radius 1 is 1.69 bits per heavy atom. The minimum absolute atomic E-state index is 0.169. The molecular weight excluding hydrogens is 178 g/mol. The zero-order valence-electron chi connectivity index (χ0n) is 7.06. The molecule has 2 atom stereocenters. The van der Waals surface area contributed by atoms with E-state index in [1.54, 1.807) is 0 Å². The van der Waals surface area contributed by atoms with Crippen LogP contribution >= 0.6 is 0 Å². The minimum atomic E-state index is -1.10. The molecule has 1 heterocycles. The molecular formula is C7H11NO5. The largest absolute Gasteiger partial charge is 0.503 e. The quantitative estimate of drug-likeness (QED) is 0.496. The average molecular weight is 189 g/mol. The van der Waals surface area contributed by atoms with Gasteiger partial charge in [-0.15, -0.1) is 0 Å². The molecule has 6 nitrogen and oxygen atoms in total. The molecule has 0 radical (unpaired) electrons. The number of carbonyl (C=O) groups is 1. The van der Waals surface area contributed by atoms with E-state index < -0.39 is 30.5 Å². The SMILES string of the molecule is CO[C@H]1O[C@@H](CO)C(=O)C(O)=C1N. The first kappa shape index (κ1) is 9.97. The van der Waals surface area contributed by atoms with E-state index in [0.29, 0.717) is 0 Å². The second-order valence-corrected chi connectivity index (χ2v) is 2.54. The first-order valence-corrected chi connectivity index (χ1v) is 3.63. The molecule has 0 aromatic heterocycles. The van der Waals surface area contributed by atoms with Gasteiger partial charge in [-0.3, -0.25) is 4.79 Å². The number of methoxy groups -OCH3 is 1. The monoisotopic (exact) mass is 189 g/mol. The molecule has 0 aromatic carbocycles. The molecule has 0 saturated heterocycles. The molecule has 0 amide bonds. The minimum Gasteiger partial charge on any atom is -0.503 e. The second-order valence-electron chi connectivity index (χ2n) is 2.54. The first-order valence-electron chi connectivity index (χ1n) is 3.63. The third-order valence-corrected chi connectivity index (χ3v) is 1.72. The van der Waals surface area contributed by atoms with Gasteiger partial charge in [-0.2, -0.15) is 0 Å². The van der Waals surface area contributed by atoms with Gasteiger partial charge in [0.05, 0.1) is 6.61 Å². The van der Waals surface area contributed by atoms with Crippen LogP contribution in [0, 0.1) is 0 Å². The number of ether oxygens (including phenoxy) is 2. The van der Waals surface area contributed by atoms with Crippen molar-refractivity contribution in [2.24, 2.45) is 5.73 Å². The van der Waals surface area contributed by atoms with Gasteiger partial charge in [0, 0.05) is 7.11 Å². The van der Waals surface area contributed by atoms with Crippen LogP contribution in [0.1, 0.15) is 0 Å². The maximum atomic E-state index is 11.1. The smallest absolute Gasteiger partial charge is 0.230 e. The Hall–Kier alpha value is -1.11. The van der Waals surface area contributed by atoms with Crippen LogP contribution in [0.15, 0.2) is 11.5 Å². The average Bonchev–Trinajstić information content (AvgIpc) is 2.15. The van der Waals surface area contributed by atoms with Crippen molar-refractivity contribution in [2.75, 3.05) is 13.7 Å². The van der Waals surface area contributed by atoms with E-state index in [4.69, 9.17) is 20.3 Å². The predicted octanol–water partition coefficient (Wildman–Crippen LogP) is -1.35. The highest BCUT2D eigenvalue weighted by atomic mass is 16.7. The van der Waals surface area contributed by atoms with Gasteiger partial charge in [0.25, 0.3) is 0 Å². The summed E-state index contributed by atoms with van der Waals surface area (Å²) in [6.07, 6.45) is -2.08. The van der Waals surface area contributed by atoms with Crippen LogP contribution in [-0.2, 0) is 14.3 Å². The van der Waals surface area contributed by atoms with E-state index in [9.17, 15) is 9.90 Å². The summed E-state index contributed by atoms with van der Waals surface area (Å²) in [6, 6.07) is 0. The Morgan fingerprint density at radius 2 is 2.31 bits per heavy atom. The molecule has 0 saturated carbocycles. The van der Waals surface area contributed by atoms with Crippen LogP contribution in [0.25, 0.3) is 0 Å². The van der Waals surface area contributed by atoms with Crippen molar-refractivity contribution >= 4 is 5.78 Å². The maximum absolute atomic E-state index is 11.1. The van der Waals surface area contributed by atoms with E-state index in [1.807, 2.05) is 0 Å². The van der Waals surface area contributed by atoms with Crippen molar-refractivity contribution in [3.05, 3.63) is 11.5 Å². The molecule has 1 rings (SSSR count). The Morgan fingerprint density at radius 3 is 2.77 bits per heavy atom. The maximum Gasteiger partial charge on any atom is 0.230 e. The van der Waals surface area contributed by atoms with Crippen LogP contribution < -0.4 is 5.73 Å². The van der Waals surface area contributed by atoms with Gasteiger partial charge in [-0.05, 0) is 0 Å². The van der Waals surface area contributed by atoms with Crippen molar-refractivity contribution in [3.63, 3.8) is 0 Å². The molecule has 4 N–H and O–H groups in total. The molecule has 1 aliphatic rings. The van der Waals surface area contributed by atoms with Gasteiger partial charge >= 0.3 is 0 Å². The molecule has 0 aliphatic carbocycles. The van der Waals surface area contributed by atoms with Crippen molar-refractivity contribution < 1.29 is 24.5 Å². The van der Waals surface area contributed by atoms with Gasteiger partial charge in [0.1, 0.15) is 5.70 Å². The number of ketones is 1. The molecule has 1 aliphatic heterocycles. The lowest BCUT2D eigenvalue weighted by Crippen LogP contribution is -2.43. The first-order chi connectivity index (χ1) is 6.11. The molecule has 0 unspecified atom stereocenters. The number of rotatable bonds is 2. The van der Waals surface area contributed by atoms with Gasteiger partial charge in [-0.1, -0.05) is 0 Å². The van der Waals surface area contributed by atoms with Crippen LogP contribution in [0.4, 0.5) is 0 Å². The molecule has 0 spiro atoms. The van der Waals surface area contributed by atoms with Gasteiger partial charge in [0.15, 0.2) is 11.9 Å². The molecule has 0 bridgehead atoms. The lowest BCUT2D eigenvalue weighted by molar-refractivity contribution is -0.170. The van der Waals surface area contributed by atoms with Crippen molar-refractivity contribution in [2.45, 2.75) is 12.4 Å². The number of carbonyl (C=O) groups excluding carboxylic acids is 1. The summed E-state index contributed by atoms with van der Waals surface area (Å²) in [5, 5.41) is 17.9. The van der Waals surface area contributed by atoms with E-state index in [-0.39, 0.29) is 5.70 Å². The standard InChI is InChI=1S/C7H11NO5/c1-12-7-4(8)6(11)5(10)3(2-9)13-7/h3,7,9,11H,2,8H2,1H3/t3-,7-/m0/s1. The Labute approximate surface area is 74.6 Å². The number of nitrogens with two attached hydrogens (primary N) is 1. The number of aliphatic hydroxyl groups excluding tert-OH is 2. The van der Waals surface area contributed by atoms with Crippen LogP contribution in [0.5, 0.6) is 0 Å². The van der Waals surface area contributed by atoms with E-state index >= 15 is 0 Å². The topological polar surface area (TPSA) is 102 Å². The van der Waals surface area contributed by atoms with Crippen LogP contribution in [0.2, 0.25) is 0 Å². The second kappa shape index (κ2) is 3.73. The summed E-state index contributed by atoms with van der Waals surface area (Å²) < 4.78 is 9.64. The van der Waals surface area contributed by atoms with Crippen molar-refractivity contribution in [1.82, 2.24) is 0 Å². The van der Waals surface area contributed by atoms with Crippen molar-refractivity contribution in [1.29, 1.82) is 0 Å². The molecule has 74 valence electrons. The zero-order chi connectivity index (χ0) is 10.0. The highest BCUT2D eigenvalue weighted by molar-refractivity contribution is 5.98. The highest BCUT2D eigenvalue weighted by Gasteiger charge is 2.35. The summed E-state index contributed by atoms with van der Waals surface area (Å²) in [7, 11) is 1.31. The van der Waals surface area contributed by atoms with Gasteiger partial charge < -0.3 is 25.4 Å². The molecule has 6 heteroatoms. The predicted molar refractivity (Wildman–Crippen MR) is 41.6 cm³/mol. The van der Waals surface area contributed by atoms with E-state index in [0.717, 1.165) is 0 Å². The highest BCUT2D eigenvalue weighted by Crippen LogP contribution is 2.18. The van der Waals surface area contributed by atoms with Crippen molar-refractivity contribution in [3.8, 4) is 0 Å². The van der Waals surface area contributed by atoms with Crippen LogP contribution in [0.3, 0.4) is 0 Å². The Bertz CT molecular complexity index is 249. The number of hydrogen-bond donors (Lipinski definition) is 3. The fourth-order valence-electron chi connectivity index (χ4n) is 0.999. The van der Waals surface area contributed by atoms with Crippen LogP contribution in [-0.4, -0.2) is 42.1 Å². The molecule has 13 heavy (non-hydrogen) atoms. The molecule has 0 fully saturated rings. The van der Waals surface area contributed by atoms with E-state index in [2.05, 4.69) is 0 Å². The summed E-state index contributed by atoms with van der Waals surface area (Å²) in [4.78, 5) is 11.1. The Kier molecular flexibility index (Phi) is 2.86. The Balaban J connectivity index is 2.93. The third-order valence-electron chi connectivity index (χ3n) is 1.72. The third kappa shape index (κ3) is 1.64. The summed E-state index contributed by atoms with van der Waals surface area (Å²) in [5.41, 5.74) is 5.15. The molecule has 0 aromatic rings. The van der Waals surface area contributed by atoms with E-state index in [1.165, 1.54) is 7.11 Å². The normalized spacial score (nSPS) is 29.5.